The number of carbonyl (C=O) groups excluding carboxylic acids is 1. The summed E-state index contributed by atoms with van der Waals surface area (Å²) < 4.78 is 1.31. The summed E-state index contributed by atoms with van der Waals surface area (Å²) in [5.41, 5.74) is 2.14. The Morgan fingerprint density at radius 3 is 2.69 bits per heavy atom. The van der Waals surface area contributed by atoms with E-state index in [1.54, 1.807) is 18.2 Å². The lowest BCUT2D eigenvalue weighted by Gasteiger charge is -2.12. The highest BCUT2D eigenvalue weighted by atomic mass is 16.2. The molecule has 0 aliphatic rings. The Morgan fingerprint density at radius 1 is 1.15 bits per heavy atom. The van der Waals surface area contributed by atoms with E-state index < -0.39 is 0 Å². The van der Waals surface area contributed by atoms with Crippen LogP contribution in [0, 0.1) is 0 Å². The molecule has 7 heteroatoms. The highest BCUT2D eigenvalue weighted by molar-refractivity contribution is 5.79. The number of nitrogens with zero attached hydrogens (tertiary/aromatic N) is 3. The van der Waals surface area contributed by atoms with E-state index in [-0.39, 0.29) is 24.1 Å². The molecule has 0 spiro atoms. The minimum absolute atomic E-state index is 0.0960. The first kappa shape index (κ1) is 16.0. The van der Waals surface area contributed by atoms with E-state index in [2.05, 4.69) is 20.3 Å². The fourth-order valence-corrected chi connectivity index (χ4v) is 2.91. The average Bonchev–Trinajstić information content (AvgIpc) is 3.09. The lowest BCUT2D eigenvalue weighted by Crippen LogP contribution is -2.34. The van der Waals surface area contributed by atoms with Crippen LogP contribution in [0.4, 0.5) is 0 Å². The predicted molar refractivity (Wildman–Crippen MR) is 98.7 cm³/mol. The summed E-state index contributed by atoms with van der Waals surface area (Å²) in [5.74, 6) is 0.390. The van der Waals surface area contributed by atoms with E-state index in [0.717, 1.165) is 11.0 Å². The van der Waals surface area contributed by atoms with Gasteiger partial charge in [0.25, 0.3) is 5.56 Å². The molecule has 0 radical (unpaired) electrons. The molecular weight excluding hydrogens is 330 g/mol. The molecule has 2 aromatic carbocycles. The zero-order valence-corrected chi connectivity index (χ0v) is 14.1. The number of fused-ring (bicyclic) bond motifs is 2. The van der Waals surface area contributed by atoms with E-state index in [1.807, 2.05) is 37.3 Å². The molecule has 1 atom stereocenters. The van der Waals surface area contributed by atoms with E-state index in [4.69, 9.17) is 0 Å². The van der Waals surface area contributed by atoms with Crippen molar-refractivity contribution in [3.63, 3.8) is 0 Å². The van der Waals surface area contributed by atoms with Gasteiger partial charge in [-0.3, -0.25) is 14.2 Å². The van der Waals surface area contributed by atoms with Gasteiger partial charge < -0.3 is 10.3 Å². The smallest absolute Gasteiger partial charge is 0.261 e. The van der Waals surface area contributed by atoms with Crippen LogP contribution < -0.4 is 10.9 Å². The van der Waals surface area contributed by atoms with Crippen LogP contribution in [0.3, 0.4) is 0 Å². The van der Waals surface area contributed by atoms with Gasteiger partial charge >= 0.3 is 0 Å². The number of para-hydroxylation sites is 3. The first-order valence-corrected chi connectivity index (χ1v) is 8.30. The van der Waals surface area contributed by atoms with Crippen LogP contribution in [-0.4, -0.2) is 25.4 Å². The number of hydrogen-bond donors (Lipinski definition) is 2. The lowest BCUT2D eigenvalue weighted by atomic mass is 10.2. The second-order valence-corrected chi connectivity index (χ2v) is 6.12. The first-order chi connectivity index (χ1) is 12.6. The van der Waals surface area contributed by atoms with Crippen LogP contribution in [0.5, 0.6) is 0 Å². The molecule has 26 heavy (non-hydrogen) atoms. The number of benzene rings is 2. The van der Waals surface area contributed by atoms with Gasteiger partial charge in [-0.15, -0.1) is 0 Å². The van der Waals surface area contributed by atoms with Gasteiger partial charge in [-0.2, -0.15) is 0 Å². The normalized spacial score (nSPS) is 12.3. The second kappa shape index (κ2) is 6.44. The topological polar surface area (TPSA) is 92.7 Å². The molecule has 1 amide bonds. The van der Waals surface area contributed by atoms with Crippen molar-refractivity contribution in [3.05, 3.63) is 71.0 Å². The fourth-order valence-electron chi connectivity index (χ4n) is 2.91. The van der Waals surface area contributed by atoms with E-state index in [9.17, 15) is 9.59 Å². The summed E-state index contributed by atoms with van der Waals surface area (Å²) in [5, 5.41) is 3.35. The van der Waals surface area contributed by atoms with Crippen LogP contribution in [0.25, 0.3) is 21.9 Å². The maximum atomic E-state index is 12.5. The number of carbonyl (C=O) groups is 1. The standard InChI is InChI=1S/C19H17N5O2/c1-12(18-22-15-8-4-5-9-16(15)23-18)21-17(25)10-24-11-20-14-7-3-2-6-13(14)19(24)26/h2-9,11-12H,10H2,1H3,(H,21,25)(H,22,23). The highest BCUT2D eigenvalue weighted by Crippen LogP contribution is 2.15. The van der Waals surface area contributed by atoms with Crippen molar-refractivity contribution in [3.8, 4) is 0 Å². The fraction of sp³-hybridized carbons (Fsp3) is 0.158. The van der Waals surface area contributed by atoms with Crippen molar-refractivity contribution < 1.29 is 4.79 Å². The summed E-state index contributed by atoms with van der Waals surface area (Å²) in [7, 11) is 0. The van der Waals surface area contributed by atoms with Crippen LogP contribution in [-0.2, 0) is 11.3 Å². The summed E-state index contributed by atoms with van der Waals surface area (Å²) in [6.45, 7) is 1.75. The average molecular weight is 347 g/mol. The predicted octanol–water partition coefficient (Wildman–Crippen LogP) is 2.15. The molecule has 1 unspecified atom stereocenters. The maximum Gasteiger partial charge on any atom is 0.261 e. The van der Waals surface area contributed by atoms with Gasteiger partial charge in [0.05, 0.1) is 34.3 Å². The van der Waals surface area contributed by atoms with Crippen LogP contribution in [0.1, 0.15) is 18.8 Å². The zero-order chi connectivity index (χ0) is 18.1. The Balaban J connectivity index is 1.51. The number of nitrogens with one attached hydrogen (secondary N) is 2. The Kier molecular flexibility index (Phi) is 3.96. The summed E-state index contributed by atoms with van der Waals surface area (Å²) in [6.07, 6.45) is 1.40. The molecule has 0 saturated heterocycles. The minimum Gasteiger partial charge on any atom is -0.345 e. The number of aromatic amines is 1. The molecule has 2 aromatic heterocycles. The van der Waals surface area contributed by atoms with Gasteiger partial charge in [-0.05, 0) is 31.2 Å². The third kappa shape index (κ3) is 2.95. The Hall–Kier alpha value is -3.48. The van der Waals surface area contributed by atoms with E-state index in [1.165, 1.54) is 10.9 Å². The molecule has 0 fully saturated rings. The minimum atomic E-state index is -0.306. The molecule has 130 valence electrons. The molecule has 2 heterocycles. The quantitative estimate of drug-likeness (QED) is 0.592. The number of hydrogen-bond acceptors (Lipinski definition) is 4. The number of rotatable bonds is 4. The third-order valence-electron chi connectivity index (χ3n) is 4.24. The molecule has 4 rings (SSSR count). The Morgan fingerprint density at radius 2 is 1.88 bits per heavy atom. The molecule has 0 bridgehead atoms. The van der Waals surface area contributed by atoms with Crippen molar-refractivity contribution in [2.24, 2.45) is 0 Å². The Labute approximate surface area is 148 Å². The molecule has 0 aliphatic heterocycles. The molecular formula is C19H17N5O2. The summed E-state index contributed by atoms with van der Waals surface area (Å²) in [4.78, 5) is 36.7. The molecule has 0 aliphatic carbocycles. The lowest BCUT2D eigenvalue weighted by molar-refractivity contribution is -0.122. The summed E-state index contributed by atoms with van der Waals surface area (Å²) in [6, 6.07) is 14.4. The summed E-state index contributed by atoms with van der Waals surface area (Å²) >= 11 is 0. The number of aromatic nitrogens is 4. The third-order valence-corrected chi connectivity index (χ3v) is 4.24. The van der Waals surface area contributed by atoms with Gasteiger partial charge in [0, 0.05) is 0 Å². The monoisotopic (exact) mass is 347 g/mol. The van der Waals surface area contributed by atoms with Crippen molar-refractivity contribution in [2.45, 2.75) is 19.5 Å². The SMILES string of the molecule is CC(NC(=O)Cn1cnc2ccccc2c1=O)c1nc2ccccc2[nH]1. The van der Waals surface area contributed by atoms with Crippen LogP contribution >= 0.6 is 0 Å². The molecule has 0 saturated carbocycles. The van der Waals surface area contributed by atoms with Gasteiger partial charge in [0.2, 0.25) is 5.91 Å². The molecule has 2 N–H and O–H groups in total. The van der Waals surface area contributed by atoms with Gasteiger partial charge in [0.15, 0.2) is 0 Å². The van der Waals surface area contributed by atoms with E-state index >= 15 is 0 Å². The largest absolute Gasteiger partial charge is 0.345 e. The molecule has 4 aromatic rings. The van der Waals surface area contributed by atoms with E-state index in [0.29, 0.717) is 16.7 Å². The first-order valence-electron chi connectivity index (χ1n) is 8.30. The van der Waals surface area contributed by atoms with Gasteiger partial charge in [0.1, 0.15) is 12.4 Å². The van der Waals surface area contributed by atoms with Gasteiger partial charge in [-0.25, -0.2) is 9.97 Å². The number of amides is 1. The Bertz CT molecular complexity index is 1130. The second-order valence-electron chi connectivity index (χ2n) is 6.12. The van der Waals surface area contributed by atoms with Crippen molar-refractivity contribution >= 4 is 27.8 Å². The zero-order valence-electron chi connectivity index (χ0n) is 14.1. The maximum absolute atomic E-state index is 12.5. The van der Waals surface area contributed by atoms with Crippen LogP contribution in [0.2, 0.25) is 0 Å². The number of imidazole rings is 1. The van der Waals surface area contributed by atoms with Crippen molar-refractivity contribution in [1.82, 2.24) is 24.8 Å². The highest BCUT2D eigenvalue weighted by Gasteiger charge is 2.15. The number of H-pyrrole nitrogens is 1. The van der Waals surface area contributed by atoms with Crippen molar-refractivity contribution in [1.29, 1.82) is 0 Å². The molecule has 7 nitrogen and oxygen atoms in total. The van der Waals surface area contributed by atoms with Crippen LogP contribution in [0.15, 0.2) is 59.7 Å². The van der Waals surface area contributed by atoms with Crippen molar-refractivity contribution in [2.75, 3.05) is 0 Å². The van der Waals surface area contributed by atoms with Gasteiger partial charge in [-0.1, -0.05) is 24.3 Å².